The number of likely N-dealkylation sites (N-methyl/N-ethyl adjacent to an activating group) is 1. The van der Waals surface area contributed by atoms with Crippen LogP contribution in [-0.2, 0) is 10.0 Å². The first kappa shape index (κ1) is 12.4. The van der Waals surface area contributed by atoms with Gasteiger partial charge in [-0.25, -0.2) is 17.2 Å². The van der Waals surface area contributed by atoms with E-state index in [0.717, 1.165) is 16.4 Å². The lowest BCUT2D eigenvalue weighted by Gasteiger charge is -2.34. The van der Waals surface area contributed by atoms with Crippen molar-refractivity contribution < 1.29 is 17.2 Å². The molecule has 1 heterocycles. The minimum Gasteiger partial charge on any atom is -0.313 e. The Balaban J connectivity index is 2.39. The second kappa shape index (κ2) is 4.32. The Labute approximate surface area is 98.3 Å². The molecule has 1 saturated heterocycles. The highest BCUT2D eigenvalue weighted by Crippen LogP contribution is 2.21. The summed E-state index contributed by atoms with van der Waals surface area (Å²) < 4.78 is 51.5. The van der Waals surface area contributed by atoms with Gasteiger partial charge in [-0.2, -0.15) is 4.31 Å². The van der Waals surface area contributed by atoms with Crippen LogP contribution in [-0.4, -0.2) is 38.9 Å². The van der Waals surface area contributed by atoms with Crippen LogP contribution in [0.3, 0.4) is 0 Å². The Hall–Kier alpha value is -1.05. The zero-order valence-electron chi connectivity index (χ0n) is 9.15. The first-order chi connectivity index (χ1) is 7.93. The number of rotatable bonds is 3. The molecule has 1 aromatic carbocycles. The molecule has 0 amide bonds. The summed E-state index contributed by atoms with van der Waals surface area (Å²) in [6.45, 7) is 1.04. The van der Waals surface area contributed by atoms with Crippen molar-refractivity contribution in [3.63, 3.8) is 0 Å². The molecular formula is C10H12F2N2O2S. The lowest BCUT2D eigenvalue weighted by molar-refractivity contribution is 0.273. The SMILES string of the molecule is CN(C1CNC1)S(=O)(=O)c1cc(F)ccc1F. The van der Waals surface area contributed by atoms with E-state index in [2.05, 4.69) is 5.32 Å². The Bertz CT molecular complexity index is 529. The lowest BCUT2D eigenvalue weighted by Crippen LogP contribution is -2.57. The molecule has 0 unspecified atom stereocenters. The van der Waals surface area contributed by atoms with E-state index in [4.69, 9.17) is 0 Å². The third kappa shape index (κ3) is 2.18. The molecule has 1 fully saturated rings. The second-order valence-corrected chi connectivity index (χ2v) is 5.87. The van der Waals surface area contributed by atoms with Gasteiger partial charge >= 0.3 is 0 Å². The maximum Gasteiger partial charge on any atom is 0.246 e. The average Bonchev–Trinajstić information content (AvgIpc) is 2.19. The van der Waals surface area contributed by atoms with Crippen LogP contribution in [0.1, 0.15) is 0 Å². The number of halogens is 2. The Morgan fingerprint density at radius 3 is 2.53 bits per heavy atom. The summed E-state index contributed by atoms with van der Waals surface area (Å²) in [5, 5.41) is 2.92. The first-order valence-electron chi connectivity index (χ1n) is 5.07. The Morgan fingerprint density at radius 1 is 1.35 bits per heavy atom. The van der Waals surface area contributed by atoms with Crippen molar-refractivity contribution in [1.29, 1.82) is 0 Å². The van der Waals surface area contributed by atoms with Crippen LogP contribution in [0.5, 0.6) is 0 Å². The normalized spacial score (nSPS) is 17.2. The number of sulfonamides is 1. The summed E-state index contributed by atoms with van der Waals surface area (Å²) in [5.74, 6) is -1.71. The van der Waals surface area contributed by atoms with E-state index in [1.807, 2.05) is 0 Å². The molecule has 1 N–H and O–H groups in total. The molecule has 0 spiro atoms. The molecule has 0 aromatic heterocycles. The monoisotopic (exact) mass is 262 g/mol. The fourth-order valence-corrected chi connectivity index (χ4v) is 2.98. The molecule has 2 rings (SSSR count). The van der Waals surface area contributed by atoms with Crippen LogP contribution in [0.4, 0.5) is 8.78 Å². The maximum absolute atomic E-state index is 13.4. The summed E-state index contributed by atoms with van der Waals surface area (Å²) in [7, 11) is -2.61. The molecule has 1 aliphatic heterocycles. The summed E-state index contributed by atoms with van der Waals surface area (Å²) in [6, 6.07) is 2.20. The first-order valence-corrected chi connectivity index (χ1v) is 6.51. The molecular weight excluding hydrogens is 250 g/mol. The Morgan fingerprint density at radius 2 is 2.00 bits per heavy atom. The molecule has 0 radical (unpaired) electrons. The number of hydrogen-bond donors (Lipinski definition) is 1. The van der Waals surface area contributed by atoms with E-state index in [-0.39, 0.29) is 6.04 Å². The molecule has 0 saturated carbocycles. The summed E-state index contributed by atoms with van der Waals surface area (Å²) >= 11 is 0. The van der Waals surface area contributed by atoms with Crippen molar-refractivity contribution >= 4 is 10.0 Å². The summed E-state index contributed by atoms with van der Waals surface area (Å²) in [4.78, 5) is -0.619. The van der Waals surface area contributed by atoms with Crippen LogP contribution >= 0.6 is 0 Å². The highest BCUT2D eigenvalue weighted by Gasteiger charge is 2.33. The van der Waals surface area contributed by atoms with Gasteiger partial charge in [0.1, 0.15) is 16.5 Å². The minimum atomic E-state index is -3.97. The highest BCUT2D eigenvalue weighted by atomic mass is 32.2. The van der Waals surface area contributed by atoms with E-state index >= 15 is 0 Å². The van der Waals surface area contributed by atoms with Crippen LogP contribution in [0.2, 0.25) is 0 Å². The van der Waals surface area contributed by atoms with Gasteiger partial charge in [0.25, 0.3) is 0 Å². The third-order valence-electron chi connectivity index (χ3n) is 2.82. The summed E-state index contributed by atoms with van der Waals surface area (Å²) in [6.07, 6.45) is 0. The fourth-order valence-electron chi connectivity index (χ4n) is 1.56. The van der Waals surface area contributed by atoms with Crippen molar-refractivity contribution in [1.82, 2.24) is 9.62 Å². The lowest BCUT2D eigenvalue weighted by atomic mass is 10.2. The maximum atomic E-state index is 13.4. The van der Waals surface area contributed by atoms with Crippen LogP contribution < -0.4 is 5.32 Å². The van der Waals surface area contributed by atoms with Gasteiger partial charge in [-0.3, -0.25) is 0 Å². The van der Waals surface area contributed by atoms with E-state index in [1.54, 1.807) is 0 Å². The average molecular weight is 262 g/mol. The van der Waals surface area contributed by atoms with Gasteiger partial charge in [0, 0.05) is 26.2 Å². The quantitative estimate of drug-likeness (QED) is 0.866. The van der Waals surface area contributed by atoms with Gasteiger partial charge in [0.15, 0.2) is 0 Å². The van der Waals surface area contributed by atoms with Gasteiger partial charge in [-0.05, 0) is 18.2 Å². The number of nitrogens with one attached hydrogen (secondary N) is 1. The molecule has 0 aliphatic carbocycles. The highest BCUT2D eigenvalue weighted by molar-refractivity contribution is 7.89. The van der Waals surface area contributed by atoms with E-state index in [1.165, 1.54) is 7.05 Å². The molecule has 0 atom stereocenters. The smallest absolute Gasteiger partial charge is 0.246 e. The predicted octanol–water partition coefficient (Wildman–Crippen LogP) is 0.557. The summed E-state index contributed by atoms with van der Waals surface area (Å²) in [5.41, 5.74) is 0. The van der Waals surface area contributed by atoms with Gasteiger partial charge in [0.05, 0.1) is 0 Å². The molecule has 4 nitrogen and oxygen atoms in total. The number of hydrogen-bond acceptors (Lipinski definition) is 3. The van der Waals surface area contributed by atoms with Crippen molar-refractivity contribution in [3.8, 4) is 0 Å². The van der Waals surface area contributed by atoms with Gasteiger partial charge in [-0.15, -0.1) is 0 Å². The minimum absolute atomic E-state index is 0.206. The molecule has 94 valence electrons. The number of benzene rings is 1. The third-order valence-corrected chi connectivity index (χ3v) is 4.75. The molecule has 0 bridgehead atoms. The van der Waals surface area contributed by atoms with E-state index < -0.39 is 26.6 Å². The van der Waals surface area contributed by atoms with E-state index in [0.29, 0.717) is 19.2 Å². The molecule has 17 heavy (non-hydrogen) atoms. The zero-order chi connectivity index (χ0) is 12.6. The zero-order valence-corrected chi connectivity index (χ0v) is 9.97. The van der Waals surface area contributed by atoms with Crippen molar-refractivity contribution in [2.24, 2.45) is 0 Å². The second-order valence-electron chi connectivity index (χ2n) is 3.91. The van der Waals surface area contributed by atoms with Crippen LogP contribution in [0.25, 0.3) is 0 Å². The van der Waals surface area contributed by atoms with Crippen molar-refractivity contribution in [2.75, 3.05) is 20.1 Å². The van der Waals surface area contributed by atoms with Crippen LogP contribution in [0, 0.1) is 11.6 Å². The molecule has 1 aliphatic rings. The topological polar surface area (TPSA) is 49.4 Å². The fraction of sp³-hybridized carbons (Fsp3) is 0.400. The van der Waals surface area contributed by atoms with Gasteiger partial charge < -0.3 is 5.32 Å². The standard InChI is InChI=1S/C10H12F2N2O2S/c1-14(8-5-13-6-8)17(15,16)10-4-7(11)2-3-9(10)12/h2-4,8,13H,5-6H2,1H3. The largest absolute Gasteiger partial charge is 0.313 e. The number of nitrogens with zero attached hydrogens (tertiary/aromatic N) is 1. The van der Waals surface area contributed by atoms with Crippen LogP contribution in [0.15, 0.2) is 23.1 Å². The predicted molar refractivity (Wildman–Crippen MR) is 58.0 cm³/mol. The molecule has 7 heteroatoms. The Kier molecular flexibility index (Phi) is 3.15. The van der Waals surface area contributed by atoms with Gasteiger partial charge in [0.2, 0.25) is 10.0 Å². The van der Waals surface area contributed by atoms with Crippen molar-refractivity contribution in [3.05, 3.63) is 29.8 Å². The van der Waals surface area contributed by atoms with Crippen molar-refractivity contribution in [2.45, 2.75) is 10.9 Å². The van der Waals surface area contributed by atoms with E-state index in [9.17, 15) is 17.2 Å². The van der Waals surface area contributed by atoms with Gasteiger partial charge in [-0.1, -0.05) is 0 Å². The molecule has 1 aromatic rings.